The van der Waals surface area contributed by atoms with Gasteiger partial charge in [-0.15, -0.1) is 5.10 Å². The molecule has 0 aliphatic carbocycles. The molecule has 0 saturated carbocycles. The molecule has 0 aliphatic heterocycles. The first-order valence-corrected chi connectivity index (χ1v) is 10.9. The number of aromatic nitrogens is 4. The fourth-order valence-electron chi connectivity index (χ4n) is 3.64. The highest BCUT2D eigenvalue weighted by atomic mass is 35.5. The molecule has 0 N–H and O–H groups in total. The van der Waals surface area contributed by atoms with Gasteiger partial charge in [0, 0.05) is 28.9 Å². The van der Waals surface area contributed by atoms with E-state index in [4.69, 9.17) is 11.6 Å². The second kappa shape index (κ2) is 9.81. The Labute approximate surface area is 205 Å². The Balaban J connectivity index is 1.72. The fraction of sp³-hybridized carbons (Fsp3) is 0.208. The molecule has 0 spiro atoms. The molecule has 2 heterocycles. The lowest BCUT2D eigenvalue weighted by molar-refractivity contribution is -0.137. The molecule has 0 aliphatic rings. The van der Waals surface area contributed by atoms with Gasteiger partial charge in [-0.05, 0) is 48.0 Å². The van der Waals surface area contributed by atoms with Crippen LogP contribution in [0, 0.1) is 0 Å². The summed E-state index contributed by atoms with van der Waals surface area (Å²) in [5.74, 6) is 0.0117. The van der Waals surface area contributed by atoms with Crippen molar-refractivity contribution in [3.63, 3.8) is 0 Å². The number of halogens is 7. The summed E-state index contributed by atoms with van der Waals surface area (Å²) in [4.78, 5) is 17.0. The van der Waals surface area contributed by atoms with E-state index in [2.05, 4.69) is 10.1 Å². The van der Waals surface area contributed by atoms with Gasteiger partial charge in [-0.25, -0.2) is 9.48 Å². The van der Waals surface area contributed by atoms with Crippen LogP contribution in [0.3, 0.4) is 0 Å². The minimum absolute atomic E-state index is 0.0117. The minimum Gasteiger partial charge on any atom is -0.275 e. The Kier molecular flexibility index (Phi) is 6.94. The number of hydrogen-bond donors (Lipinski definition) is 0. The van der Waals surface area contributed by atoms with Crippen LogP contribution in [0.25, 0.3) is 22.6 Å². The van der Waals surface area contributed by atoms with Gasteiger partial charge >= 0.3 is 18.0 Å². The second-order valence-corrected chi connectivity index (χ2v) is 8.32. The van der Waals surface area contributed by atoms with Crippen LogP contribution in [0.5, 0.6) is 0 Å². The molecular formula is C24H17ClF6N4O. The van der Waals surface area contributed by atoms with Gasteiger partial charge in [0.05, 0.1) is 24.2 Å². The van der Waals surface area contributed by atoms with E-state index in [1.165, 1.54) is 60.8 Å². The Morgan fingerprint density at radius 1 is 0.917 bits per heavy atom. The monoisotopic (exact) mass is 526 g/mol. The predicted molar refractivity (Wildman–Crippen MR) is 121 cm³/mol. The quantitative estimate of drug-likeness (QED) is 0.271. The van der Waals surface area contributed by atoms with Crippen molar-refractivity contribution in [3.8, 4) is 22.6 Å². The number of pyridine rings is 1. The SMILES string of the molecule is O=c1n(Cc2ccnc(-c3ccccc3C(F)(F)F)c2)nc(-c2ccc(Cl)cc2)n1CCC(F)(F)F. The van der Waals surface area contributed by atoms with E-state index < -0.39 is 36.6 Å². The van der Waals surface area contributed by atoms with Crippen molar-refractivity contribution in [1.29, 1.82) is 0 Å². The molecule has 0 atom stereocenters. The average molecular weight is 527 g/mol. The summed E-state index contributed by atoms with van der Waals surface area (Å²) in [7, 11) is 0. The van der Waals surface area contributed by atoms with E-state index in [0.717, 1.165) is 15.3 Å². The number of benzene rings is 2. The maximum absolute atomic E-state index is 13.4. The molecule has 0 radical (unpaired) electrons. The van der Waals surface area contributed by atoms with Crippen LogP contribution in [0.4, 0.5) is 26.3 Å². The molecule has 12 heteroatoms. The summed E-state index contributed by atoms with van der Waals surface area (Å²) in [6, 6.07) is 13.9. The van der Waals surface area contributed by atoms with E-state index in [0.29, 0.717) is 16.1 Å². The molecular weight excluding hydrogens is 510 g/mol. The van der Waals surface area contributed by atoms with Crippen molar-refractivity contribution >= 4 is 11.6 Å². The number of hydrogen-bond acceptors (Lipinski definition) is 3. The van der Waals surface area contributed by atoms with Crippen LogP contribution in [-0.2, 0) is 19.3 Å². The zero-order valence-corrected chi connectivity index (χ0v) is 19.1. The van der Waals surface area contributed by atoms with Crippen molar-refractivity contribution in [2.45, 2.75) is 31.9 Å². The molecule has 0 amide bonds. The van der Waals surface area contributed by atoms with Gasteiger partial charge in [-0.3, -0.25) is 9.55 Å². The van der Waals surface area contributed by atoms with E-state index in [1.54, 1.807) is 0 Å². The maximum Gasteiger partial charge on any atom is 0.417 e. The largest absolute Gasteiger partial charge is 0.417 e. The molecule has 0 bridgehead atoms. The third-order valence-corrected chi connectivity index (χ3v) is 5.56. The van der Waals surface area contributed by atoms with Gasteiger partial charge in [0.2, 0.25) is 0 Å². The molecule has 5 nitrogen and oxygen atoms in total. The first-order valence-electron chi connectivity index (χ1n) is 10.5. The average Bonchev–Trinajstić information content (AvgIpc) is 3.12. The summed E-state index contributed by atoms with van der Waals surface area (Å²) < 4.78 is 80.9. The highest BCUT2D eigenvalue weighted by Gasteiger charge is 2.33. The van der Waals surface area contributed by atoms with Crippen molar-refractivity contribution in [1.82, 2.24) is 19.3 Å². The summed E-state index contributed by atoms with van der Waals surface area (Å²) in [6.07, 6.45) is -9.04. The number of nitrogens with zero attached hydrogens (tertiary/aromatic N) is 4. The predicted octanol–water partition coefficient (Wildman–Crippen LogP) is 6.45. The summed E-state index contributed by atoms with van der Waals surface area (Å²) in [6.45, 7) is -0.844. The Morgan fingerprint density at radius 3 is 2.28 bits per heavy atom. The summed E-state index contributed by atoms with van der Waals surface area (Å²) >= 11 is 5.89. The van der Waals surface area contributed by atoms with Crippen molar-refractivity contribution < 1.29 is 26.3 Å². The van der Waals surface area contributed by atoms with E-state index >= 15 is 0 Å². The van der Waals surface area contributed by atoms with Gasteiger partial charge in [0.25, 0.3) is 0 Å². The smallest absolute Gasteiger partial charge is 0.275 e. The van der Waals surface area contributed by atoms with Gasteiger partial charge in [-0.1, -0.05) is 29.8 Å². The minimum atomic E-state index is -4.60. The molecule has 36 heavy (non-hydrogen) atoms. The second-order valence-electron chi connectivity index (χ2n) is 7.88. The highest BCUT2D eigenvalue weighted by molar-refractivity contribution is 6.30. The highest BCUT2D eigenvalue weighted by Crippen LogP contribution is 2.36. The standard InChI is InChI=1S/C24H17ClF6N4O/c25-17-7-5-16(6-8-17)21-33-35(22(36)34(21)12-10-23(26,27)28)14-15-9-11-32-20(13-15)18-3-1-2-4-19(18)24(29,30)31/h1-9,11,13H,10,12,14H2. The van der Waals surface area contributed by atoms with Gasteiger partial charge in [-0.2, -0.15) is 26.3 Å². The molecule has 4 rings (SSSR count). The van der Waals surface area contributed by atoms with E-state index in [-0.39, 0.29) is 23.6 Å². The van der Waals surface area contributed by atoms with Gasteiger partial charge < -0.3 is 0 Å². The van der Waals surface area contributed by atoms with Crippen LogP contribution in [0.15, 0.2) is 71.7 Å². The molecule has 188 valence electrons. The zero-order valence-electron chi connectivity index (χ0n) is 18.3. The van der Waals surface area contributed by atoms with Gasteiger partial charge in [0.1, 0.15) is 0 Å². The molecule has 0 saturated heterocycles. The summed E-state index contributed by atoms with van der Waals surface area (Å²) in [5, 5.41) is 4.62. The Morgan fingerprint density at radius 2 is 1.61 bits per heavy atom. The zero-order chi connectivity index (χ0) is 26.1. The first-order chi connectivity index (χ1) is 16.9. The van der Waals surface area contributed by atoms with Crippen LogP contribution in [-0.4, -0.2) is 25.5 Å². The normalized spacial score (nSPS) is 12.2. The van der Waals surface area contributed by atoms with E-state index in [9.17, 15) is 31.1 Å². The number of rotatable bonds is 6. The van der Waals surface area contributed by atoms with Crippen molar-refractivity contribution in [2.75, 3.05) is 0 Å². The van der Waals surface area contributed by atoms with Gasteiger partial charge in [0.15, 0.2) is 5.82 Å². The third-order valence-electron chi connectivity index (χ3n) is 5.31. The molecule has 2 aromatic carbocycles. The maximum atomic E-state index is 13.4. The van der Waals surface area contributed by atoms with Crippen molar-refractivity contribution in [3.05, 3.63) is 93.5 Å². The van der Waals surface area contributed by atoms with Crippen LogP contribution in [0.2, 0.25) is 5.02 Å². The van der Waals surface area contributed by atoms with Crippen molar-refractivity contribution in [2.24, 2.45) is 0 Å². The fourth-order valence-corrected chi connectivity index (χ4v) is 3.77. The topological polar surface area (TPSA) is 52.7 Å². The van der Waals surface area contributed by atoms with Crippen LogP contribution in [0.1, 0.15) is 17.5 Å². The van der Waals surface area contributed by atoms with Crippen LogP contribution >= 0.6 is 11.6 Å². The Bertz CT molecular complexity index is 1420. The first kappa shape index (κ1) is 25.5. The Hall–Kier alpha value is -3.60. The molecule has 0 fully saturated rings. The van der Waals surface area contributed by atoms with E-state index in [1.807, 2.05) is 0 Å². The summed E-state index contributed by atoms with van der Waals surface area (Å²) in [5.41, 5.74) is -1.000. The molecule has 4 aromatic rings. The lowest BCUT2D eigenvalue weighted by atomic mass is 10.0. The third kappa shape index (κ3) is 5.78. The lowest BCUT2D eigenvalue weighted by Crippen LogP contribution is -2.27. The molecule has 2 aromatic heterocycles. The molecule has 0 unspecified atom stereocenters. The number of alkyl halides is 6. The van der Waals surface area contributed by atoms with Crippen LogP contribution < -0.4 is 5.69 Å². The lowest BCUT2D eigenvalue weighted by Gasteiger charge is -2.12.